The van der Waals surface area contributed by atoms with Gasteiger partial charge in [-0.25, -0.2) is 0 Å². The molecule has 2 atom stereocenters. The average Bonchev–Trinajstić information content (AvgIpc) is 2.72. The molecule has 0 amide bonds. The highest BCUT2D eigenvalue weighted by molar-refractivity contribution is 5.08. The Labute approximate surface area is 109 Å². The molecule has 4 nitrogen and oxygen atoms in total. The summed E-state index contributed by atoms with van der Waals surface area (Å²) in [5.74, 6) is 0. The molecule has 1 heterocycles. The Morgan fingerprint density at radius 1 is 1.50 bits per heavy atom. The minimum atomic E-state index is -0.174. The third-order valence-corrected chi connectivity index (χ3v) is 4.09. The monoisotopic (exact) mass is 251 g/mol. The fourth-order valence-corrected chi connectivity index (χ4v) is 2.31. The van der Waals surface area contributed by atoms with Crippen molar-refractivity contribution in [2.45, 2.75) is 65.3 Å². The molecule has 0 spiro atoms. The zero-order valence-corrected chi connectivity index (χ0v) is 12.1. The van der Waals surface area contributed by atoms with Gasteiger partial charge in [0, 0.05) is 29.8 Å². The molecule has 4 heteroatoms. The predicted molar refractivity (Wildman–Crippen MR) is 72.3 cm³/mol. The summed E-state index contributed by atoms with van der Waals surface area (Å²) in [6.45, 7) is 11.5. The summed E-state index contributed by atoms with van der Waals surface area (Å²) < 4.78 is 1.99. The molecule has 1 aliphatic carbocycles. The van der Waals surface area contributed by atoms with Gasteiger partial charge in [-0.3, -0.25) is 4.68 Å². The molecule has 1 aromatic heterocycles. The maximum Gasteiger partial charge on any atom is 0.0621 e. The van der Waals surface area contributed by atoms with Crippen molar-refractivity contribution in [2.75, 3.05) is 0 Å². The number of hydrogen-bond donors (Lipinski definition) is 2. The third kappa shape index (κ3) is 2.45. The smallest absolute Gasteiger partial charge is 0.0621 e. The van der Waals surface area contributed by atoms with E-state index < -0.39 is 0 Å². The Bertz CT molecular complexity index is 417. The Morgan fingerprint density at radius 2 is 2.17 bits per heavy atom. The minimum Gasteiger partial charge on any atom is -0.392 e. The minimum absolute atomic E-state index is 0.0139. The normalized spacial score (nSPS) is 27.0. The molecule has 2 rings (SSSR count). The van der Waals surface area contributed by atoms with Crippen LogP contribution in [0.2, 0.25) is 0 Å². The van der Waals surface area contributed by atoms with Crippen molar-refractivity contribution in [1.82, 2.24) is 15.1 Å². The molecule has 2 N–H and O–H groups in total. The molecule has 1 saturated carbocycles. The SMILES string of the molecule is CC1(C)C(O)CC1NCc1cnn(C(C)(C)C)c1. The highest BCUT2D eigenvalue weighted by Crippen LogP contribution is 2.40. The fraction of sp³-hybridized carbons (Fsp3) is 0.786. The lowest BCUT2D eigenvalue weighted by atomic mass is 9.64. The first-order valence-corrected chi connectivity index (χ1v) is 6.67. The number of aliphatic hydroxyl groups is 1. The van der Waals surface area contributed by atoms with Gasteiger partial charge in [0.15, 0.2) is 0 Å². The van der Waals surface area contributed by atoms with Gasteiger partial charge in [0.05, 0.1) is 17.8 Å². The summed E-state index contributed by atoms with van der Waals surface area (Å²) in [6, 6.07) is 0.394. The first-order chi connectivity index (χ1) is 8.21. The summed E-state index contributed by atoms with van der Waals surface area (Å²) in [7, 11) is 0. The third-order valence-electron chi connectivity index (χ3n) is 4.09. The molecule has 1 fully saturated rings. The van der Waals surface area contributed by atoms with Crippen molar-refractivity contribution in [3.63, 3.8) is 0 Å². The van der Waals surface area contributed by atoms with E-state index in [-0.39, 0.29) is 17.1 Å². The lowest BCUT2D eigenvalue weighted by Crippen LogP contribution is -2.59. The van der Waals surface area contributed by atoms with Crippen LogP contribution in [0.25, 0.3) is 0 Å². The molecule has 0 aromatic carbocycles. The van der Waals surface area contributed by atoms with Gasteiger partial charge in [0.2, 0.25) is 0 Å². The Morgan fingerprint density at radius 3 is 2.61 bits per heavy atom. The molecular weight excluding hydrogens is 226 g/mol. The van der Waals surface area contributed by atoms with Crippen molar-refractivity contribution < 1.29 is 5.11 Å². The lowest BCUT2D eigenvalue weighted by molar-refractivity contribution is -0.0729. The van der Waals surface area contributed by atoms with E-state index in [0.717, 1.165) is 13.0 Å². The van der Waals surface area contributed by atoms with E-state index in [4.69, 9.17) is 0 Å². The number of hydrogen-bond acceptors (Lipinski definition) is 3. The van der Waals surface area contributed by atoms with Crippen molar-refractivity contribution in [3.05, 3.63) is 18.0 Å². The van der Waals surface area contributed by atoms with Crippen LogP contribution < -0.4 is 5.32 Å². The summed E-state index contributed by atoms with van der Waals surface area (Å²) in [6.07, 6.45) is 4.68. The van der Waals surface area contributed by atoms with Crippen LogP contribution in [-0.2, 0) is 12.1 Å². The first-order valence-electron chi connectivity index (χ1n) is 6.67. The Kier molecular flexibility index (Phi) is 3.28. The van der Waals surface area contributed by atoms with Gasteiger partial charge < -0.3 is 10.4 Å². The van der Waals surface area contributed by atoms with Crippen molar-refractivity contribution in [3.8, 4) is 0 Å². The zero-order chi connectivity index (χ0) is 13.6. The van der Waals surface area contributed by atoms with Crippen molar-refractivity contribution in [2.24, 2.45) is 5.41 Å². The van der Waals surface area contributed by atoms with Gasteiger partial charge in [-0.05, 0) is 27.2 Å². The van der Waals surface area contributed by atoms with Crippen LogP contribution in [0.3, 0.4) is 0 Å². The van der Waals surface area contributed by atoms with Crippen LogP contribution in [0.1, 0.15) is 46.6 Å². The summed E-state index contributed by atoms with van der Waals surface area (Å²) in [5, 5.41) is 17.6. The van der Waals surface area contributed by atoms with Crippen molar-refractivity contribution in [1.29, 1.82) is 0 Å². The summed E-state index contributed by atoms with van der Waals surface area (Å²) >= 11 is 0. The molecule has 1 aromatic rings. The fourth-order valence-electron chi connectivity index (χ4n) is 2.31. The van der Waals surface area contributed by atoms with Gasteiger partial charge in [-0.2, -0.15) is 5.10 Å². The zero-order valence-electron chi connectivity index (χ0n) is 12.1. The molecule has 102 valence electrons. The van der Waals surface area contributed by atoms with Gasteiger partial charge in [-0.15, -0.1) is 0 Å². The average molecular weight is 251 g/mol. The van der Waals surface area contributed by atoms with Crippen LogP contribution in [0.4, 0.5) is 0 Å². The maximum atomic E-state index is 9.70. The molecule has 18 heavy (non-hydrogen) atoms. The predicted octanol–water partition coefficient (Wildman–Crippen LogP) is 1.89. The van der Waals surface area contributed by atoms with Crippen molar-refractivity contribution >= 4 is 0 Å². The van der Waals surface area contributed by atoms with Crippen LogP contribution >= 0.6 is 0 Å². The first kappa shape index (κ1) is 13.6. The van der Waals surface area contributed by atoms with Gasteiger partial charge in [0.1, 0.15) is 0 Å². The largest absolute Gasteiger partial charge is 0.392 e. The molecule has 2 unspecified atom stereocenters. The second-order valence-electron chi connectivity index (χ2n) is 6.97. The van der Waals surface area contributed by atoms with Crippen LogP contribution in [0.5, 0.6) is 0 Å². The van der Waals surface area contributed by atoms with E-state index >= 15 is 0 Å². The van der Waals surface area contributed by atoms with E-state index in [2.05, 4.69) is 51.2 Å². The number of nitrogens with zero attached hydrogens (tertiary/aromatic N) is 2. The van der Waals surface area contributed by atoms with E-state index in [1.807, 2.05) is 10.9 Å². The molecule has 0 radical (unpaired) electrons. The molecular formula is C14H25N3O. The second-order valence-corrected chi connectivity index (χ2v) is 6.97. The molecule has 1 aliphatic rings. The maximum absolute atomic E-state index is 9.70. The van der Waals surface area contributed by atoms with E-state index in [0.29, 0.717) is 6.04 Å². The molecule has 0 bridgehead atoms. The standard InChI is InChI=1S/C14H25N3O/c1-13(2,3)17-9-10(8-16-17)7-15-11-6-12(18)14(11,4)5/h8-9,11-12,15,18H,6-7H2,1-5H3. The quantitative estimate of drug-likeness (QED) is 0.862. The Hall–Kier alpha value is -0.870. The van der Waals surface area contributed by atoms with E-state index in [9.17, 15) is 5.11 Å². The number of nitrogens with one attached hydrogen (secondary N) is 1. The highest BCUT2D eigenvalue weighted by Gasteiger charge is 2.46. The summed E-state index contributed by atoms with van der Waals surface area (Å²) in [4.78, 5) is 0. The van der Waals surface area contributed by atoms with Gasteiger partial charge in [0.25, 0.3) is 0 Å². The van der Waals surface area contributed by atoms with E-state index in [1.54, 1.807) is 0 Å². The number of rotatable bonds is 3. The topological polar surface area (TPSA) is 50.1 Å². The van der Waals surface area contributed by atoms with Gasteiger partial charge in [-0.1, -0.05) is 13.8 Å². The Balaban J connectivity index is 1.90. The molecule has 0 aliphatic heterocycles. The van der Waals surface area contributed by atoms with Crippen LogP contribution in [-0.4, -0.2) is 27.0 Å². The summed E-state index contributed by atoms with van der Waals surface area (Å²) in [5.41, 5.74) is 1.21. The van der Waals surface area contributed by atoms with Gasteiger partial charge >= 0.3 is 0 Å². The lowest BCUT2D eigenvalue weighted by Gasteiger charge is -2.49. The van der Waals surface area contributed by atoms with Crippen LogP contribution in [0, 0.1) is 5.41 Å². The van der Waals surface area contributed by atoms with E-state index in [1.165, 1.54) is 5.56 Å². The molecule has 0 saturated heterocycles. The van der Waals surface area contributed by atoms with Crippen LogP contribution in [0.15, 0.2) is 12.4 Å². The highest BCUT2D eigenvalue weighted by atomic mass is 16.3. The number of aliphatic hydroxyl groups excluding tert-OH is 1. The number of aromatic nitrogens is 2. The second kappa shape index (κ2) is 4.35.